The fourth-order valence-corrected chi connectivity index (χ4v) is 4.82. The Labute approximate surface area is 189 Å². The standard InChI is InChI=1S/C27H31NO4/c1-18-8-7-14-27(2,3)23(18)17-32-20-10-6-9-19(16-20)24(29)13-15-28-25(30)21-11-4-5-12-22(21)26(28)31/h4-6,9-12,16,24,29H,7-8,13-15,17H2,1-3H3/t24-/m1/s1. The Morgan fingerprint density at radius 3 is 2.41 bits per heavy atom. The number of rotatable bonds is 7. The summed E-state index contributed by atoms with van der Waals surface area (Å²) in [5.74, 6) is 0.117. The number of carbonyl (C=O) groups excluding carboxylic acids is 2. The zero-order valence-electron chi connectivity index (χ0n) is 19.1. The van der Waals surface area contributed by atoms with Gasteiger partial charge in [0.1, 0.15) is 12.4 Å². The van der Waals surface area contributed by atoms with E-state index in [2.05, 4.69) is 20.8 Å². The van der Waals surface area contributed by atoms with Crippen LogP contribution in [0.4, 0.5) is 0 Å². The van der Waals surface area contributed by atoms with Crippen LogP contribution < -0.4 is 4.74 Å². The fourth-order valence-electron chi connectivity index (χ4n) is 4.82. The number of allylic oxidation sites excluding steroid dienone is 1. The number of ether oxygens (including phenoxy) is 1. The predicted molar refractivity (Wildman–Crippen MR) is 124 cm³/mol. The van der Waals surface area contributed by atoms with Crippen LogP contribution in [0.1, 0.15) is 78.8 Å². The molecule has 2 aliphatic rings. The number of benzene rings is 2. The van der Waals surface area contributed by atoms with E-state index in [1.807, 2.05) is 24.3 Å². The molecule has 0 bridgehead atoms. The highest BCUT2D eigenvalue weighted by Gasteiger charge is 2.35. The number of amides is 2. The molecule has 0 radical (unpaired) electrons. The van der Waals surface area contributed by atoms with Gasteiger partial charge < -0.3 is 9.84 Å². The minimum Gasteiger partial charge on any atom is -0.489 e. The summed E-state index contributed by atoms with van der Waals surface area (Å²) in [7, 11) is 0. The Kier molecular flexibility index (Phi) is 6.20. The van der Waals surface area contributed by atoms with E-state index in [0.717, 1.165) is 6.42 Å². The summed E-state index contributed by atoms with van der Waals surface area (Å²) in [5.41, 5.74) is 4.49. The van der Waals surface area contributed by atoms with Crippen molar-refractivity contribution in [3.05, 3.63) is 76.4 Å². The number of hydrogen-bond acceptors (Lipinski definition) is 4. The first-order valence-electron chi connectivity index (χ1n) is 11.3. The molecule has 0 saturated heterocycles. The molecule has 2 aromatic carbocycles. The molecule has 1 N–H and O–H groups in total. The number of imide groups is 1. The maximum atomic E-state index is 12.5. The second-order valence-electron chi connectivity index (χ2n) is 9.47. The van der Waals surface area contributed by atoms with Gasteiger partial charge in [0, 0.05) is 6.54 Å². The molecule has 1 aliphatic carbocycles. The Hall–Kier alpha value is -2.92. The van der Waals surface area contributed by atoms with Crippen LogP contribution in [0.3, 0.4) is 0 Å². The molecular weight excluding hydrogens is 402 g/mol. The van der Waals surface area contributed by atoms with Gasteiger partial charge in [0.25, 0.3) is 11.8 Å². The average molecular weight is 434 g/mol. The average Bonchev–Trinajstić information content (AvgIpc) is 3.01. The van der Waals surface area contributed by atoms with E-state index < -0.39 is 6.10 Å². The largest absolute Gasteiger partial charge is 0.489 e. The quantitative estimate of drug-likeness (QED) is 0.475. The van der Waals surface area contributed by atoms with E-state index >= 15 is 0 Å². The zero-order valence-corrected chi connectivity index (χ0v) is 19.1. The molecule has 4 rings (SSSR count). The molecular formula is C27H31NO4. The molecule has 5 heteroatoms. The van der Waals surface area contributed by atoms with Gasteiger partial charge in [-0.2, -0.15) is 0 Å². The molecule has 1 atom stereocenters. The highest BCUT2D eigenvalue weighted by molar-refractivity contribution is 6.21. The Balaban J connectivity index is 1.38. The van der Waals surface area contributed by atoms with Gasteiger partial charge in [-0.25, -0.2) is 0 Å². The van der Waals surface area contributed by atoms with E-state index in [1.165, 1.54) is 28.9 Å². The third-order valence-electron chi connectivity index (χ3n) is 6.82. The Morgan fingerprint density at radius 2 is 1.75 bits per heavy atom. The van der Waals surface area contributed by atoms with E-state index in [-0.39, 0.29) is 30.2 Å². The molecule has 5 nitrogen and oxygen atoms in total. The van der Waals surface area contributed by atoms with Crippen molar-refractivity contribution in [2.45, 2.75) is 52.6 Å². The van der Waals surface area contributed by atoms with E-state index in [9.17, 15) is 14.7 Å². The van der Waals surface area contributed by atoms with Gasteiger partial charge >= 0.3 is 0 Å². The second kappa shape index (κ2) is 8.91. The van der Waals surface area contributed by atoms with Gasteiger partial charge in [-0.05, 0) is 73.4 Å². The van der Waals surface area contributed by atoms with Gasteiger partial charge in [0.05, 0.1) is 17.2 Å². The minimum atomic E-state index is -0.796. The molecule has 32 heavy (non-hydrogen) atoms. The van der Waals surface area contributed by atoms with Gasteiger partial charge in [-0.15, -0.1) is 0 Å². The topological polar surface area (TPSA) is 66.8 Å². The van der Waals surface area contributed by atoms with E-state index in [0.29, 0.717) is 29.0 Å². The summed E-state index contributed by atoms with van der Waals surface area (Å²) in [6, 6.07) is 14.3. The molecule has 0 saturated carbocycles. The van der Waals surface area contributed by atoms with Crippen molar-refractivity contribution in [1.29, 1.82) is 0 Å². The van der Waals surface area contributed by atoms with Crippen LogP contribution in [0.5, 0.6) is 5.75 Å². The number of nitrogens with zero attached hydrogens (tertiary/aromatic N) is 1. The maximum Gasteiger partial charge on any atom is 0.261 e. The van der Waals surface area contributed by atoms with Crippen LogP contribution in [0.2, 0.25) is 0 Å². The smallest absolute Gasteiger partial charge is 0.261 e. The number of aliphatic hydroxyl groups excluding tert-OH is 1. The lowest BCUT2D eigenvalue weighted by molar-refractivity contribution is 0.0622. The number of hydrogen-bond donors (Lipinski definition) is 1. The Morgan fingerprint density at radius 1 is 1.06 bits per heavy atom. The first-order valence-corrected chi connectivity index (χ1v) is 11.3. The molecule has 2 aromatic rings. The molecule has 2 amide bonds. The fraction of sp³-hybridized carbons (Fsp3) is 0.407. The van der Waals surface area contributed by atoms with Gasteiger partial charge in [-0.3, -0.25) is 14.5 Å². The number of fused-ring (bicyclic) bond motifs is 1. The normalized spacial score (nSPS) is 18.7. The van der Waals surface area contributed by atoms with E-state index in [1.54, 1.807) is 24.3 Å². The first kappa shape index (κ1) is 22.3. The van der Waals surface area contributed by atoms with Crippen LogP contribution in [-0.2, 0) is 0 Å². The van der Waals surface area contributed by atoms with Crippen LogP contribution in [0, 0.1) is 5.41 Å². The van der Waals surface area contributed by atoms with Gasteiger partial charge in [0.15, 0.2) is 0 Å². The predicted octanol–water partition coefficient (Wildman–Crippen LogP) is 5.31. The highest BCUT2D eigenvalue weighted by atomic mass is 16.5. The summed E-state index contributed by atoms with van der Waals surface area (Å²) >= 11 is 0. The second-order valence-corrected chi connectivity index (χ2v) is 9.47. The van der Waals surface area contributed by atoms with E-state index in [4.69, 9.17) is 4.74 Å². The molecule has 0 fully saturated rings. The summed E-state index contributed by atoms with van der Waals surface area (Å²) in [4.78, 5) is 26.3. The third-order valence-corrected chi connectivity index (χ3v) is 6.82. The van der Waals surface area contributed by atoms with Crippen molar-refractivity contribution in [3.63, 3.8) is 0 Å². The lowest BCUT2D eigenvalue weighted by atomic mass is 9.73. The molecule has 1 aliphatic heterocycles. The van der Waals surface area contributed by atoms with Crippen molar-refractivity contribution >= 4 is 11.8 Å². The summed E-state index contributed by atoms with van der Waals surface area (Å²) in [5, 5.41) is 10.7. The summed E-state index contributed by atoms with van der Waals surface area (Å²) < 4.78 is 6.11. The third kappa shape index (κ3) is 4.35. The molecule has 0 aromatic heterocycles. The van der Waals surface area contributed by atoms with Gasteiger partial charge in [-0.1, -0.05) is 43.7 Å². The van der Waals surface area contributed by atoms with Crippen molar-refractivity contribution in [2.75, 3.05) is 13.2 Å². The highest BCUT2D eigenvalue weighted by Crippen LogP contribution is 2.40. The molecule has 0 spiro atoms. The van der Waals surface area contributed by atoms with Crippen molar-refractivity contribution in [1.82, 2.24) is 4.90 Å². The monoisotopic (exact) mass is 433 g/mol. The summed E-state index contributed by atoms with van der Waals surface area (Å²) in [6.07, 6.45) is 2.98. The lowest BCUT2D eigenvalue weighted by Gasteiger charge is -2.34. The molecule has 168 valence electrons. The van der Waals surface area contributed by atoms with Crippen LogP contribution in [0.25, 0.3) is 0 Å². The number of carbonyl (C=O) groups is 2. The van der Waals surface area contributed by atoms with Crippen LogP contribution >= 0.6 is 0 Å². The lowest BCUT2D eigenvalue weighted by Crippen LogP contribution is -2.31. The van der Waals surface area contributed by atoms with Crippen LogP contribution in [-0.4, -0.2) is 35.0 Å². The first-order chi connectivity index (χ1) is 15.3. The SMILES string of the molecule is CC1=C(COc2cccc([C@H](O)CCN3C(=O)c4ccccc4C3=O)c2)C(C)(C)CCC1. The van der Waals surface area contributed by atoms with Crippen LogP contribution in [0.15, 0.2) is 59.7 Å². The zero-order chi connectivity index (χ0) is 22.9. The minimum absolute atomic E-state index is 0.145. The van der Waals surface area contributed by atoms with Crippen molar-refractivity contribution in [2.24, 2.45) is 5.41 Å². The Bertz CT molecular complexity index is 1030. The van der Waals surface area contributed by atoms with Crippen molar-refractivity contribution < 1.29 is 19.4 Å². The number of aliphatic hydroxyl groups is 1. The molecule has 0 unspecified atom stereocenters. The maximum absolute atomic E-state index is 12.5. The molecule has 1 heterocycles. The van der Waals surface area contributed by atoms with Gasteiger partial charge in [0.2, 0.25) is 0 Å². The summed E-state index contributed by atoms with van der Waals surface area (Å²) in [6.45, 7) is 7.45. The van der Waals surface area contributed by atoms with Crippen molar-refractivity contribution in [3.8, 4) is 5.75 Å².